The Morgan fingerprint density at radius 1 is 1.40 bits per heavy atom. The molecule has 0 fully saturated rings. The van der Waals surface area contributed by atoms with E-state index < -0.39 is 5.97 Å². The van der Waals surface area contributed by atoms with E-state index in [2.05, 4.69) is 4.98 Å². The Bertz CT molecular complexity index is 390. The molecule has 1 rings (SSSR count). The van der Waals surface area contributed by atoms with Crippen molar-refractivity contribution in [2.75, 3.05) is 13.6 Å². The van der Waals surface area contributed by atoms with Gasteiger partial charge in [-0.15, -0.1) is 0 Å². The number of amides is 1. The number of carbonyl (C=O) groups is 2. The summed E-state index contributed by atoms with van der Waals surface area (Å²) >= 11 is 0. The third-order valence-corrected chi connectivity index (χ3v) is 2.01. The highest BCUT2D eigenvalue weighted by Crippen LogP contribution is 2.02. The largest absolute Gasteiger partial charge is 0.477 e. The molecule has 0 aliphatic rings. The lowest BCUT2D eigenvalue weighted by molar-refractivity contribution is 0.0690. The van der Waals surface area contributed by atoms with Gasteiger partial charge < -0.3 is 10.0 Å². The zero-order chi connectivity index (χ0) is 11.4. The van der Waals surface area contributed by atoms with Crippen LogP contribution in [0.15, 0.2) is 18.2 Å². The van der Waals surface area contributed by atoms with E-state index in [0.29, 0.717) is 6.54 Å². The van der Waals surface area contributed by atoms with Crippen LogP contribution in [0.3, 0.4) is 0 Å². The molecule has 1 heterocycles. The van der Waals surface area contributed by atoms with Gasteiger partial charge in [0.2, 0.25) is 0 Å². The van der Waals surface area contributed by atoms with Gasteiger partial charge in [-0.1, -0.05) is 6.07 Å². The van der Waals surface area contributed by atoms with Gasteiger partial charge in [-0.2, -0.15) is 0 Å². The fourth-order valence-electron chi connectivity index (χ4n) is 1.01. The van der Waals surface area contributed by atoms with E-state index >= 15 is 0 Å². The molecule has 0 bridgehead atoms. The highest BCUT2D eigenvalue weighted by Gasteiger charge is 2.13. The predicted octanol–water partition coefficient (Wildman–Crippen LogP) is 0.872. The summed E-state index contributed by atoms with van der Waals surface area (Å²) in [7, 11) is 1.64. The van der Waals surface area contributed by atoms with Crippen molar-refractivity contribution in [3.63, 3.8) is 0 Å². The normalized spacial score (nSPS) is 9.73. The van der Waals surface area contributed by atoms with E-state index in [0.717, 1.165) is 0 Å². The smallest absolute Gasteiger partial charge is 0.354 e. The molecule has 5 heteroatoms. The molecule has 0 saturated carbocycles. The minimum Gasteiger partial charge on any atom is -0.477 e. The molecule has 1 amide bonds. The number of rotatable bonds is 3. The van der Waals surface area contributed by atoms with Crippen LogP contribution < -0.4 is 0 Å². The van der Waals surface area contributed by atoms with Crippen LogP contribution in [-0.4, -0.2) is 40.5 Å². The van der Waals surface area contributed by atoms with Crippen molar-refractivity contribution in [3.8, 4) is 0 Å². The highest BCUT2D eigenvalue weighted by molar-refractivity contribution is 5.94. The lowest BCUT2D eigenvalue weighted by Gasteiger charge is -2.13. The van der Waals surface area contributed by atoms with Gasteiger partial charge in [-0.3, -0.25) is 4.79 Å². The van der Waals surface area contributed by atoms with Crippen LogP contribution in [-0.2, 0) is 0 Å². The molecule has 80 valence electrons. The van der Waals surface area contributed by atoms with Gasteiger partial charge in [0.15, 0.2) is 0 Å². The topological polar surface area (TPSA) is 70.5 Å². The predicted molar refractivity (Wildman–Crippen MR) is 53.8 cm³/mol. The van der Waals surface area contributed by atoms with E-state index in [-0.39, 0.29) is 17.3 Å². The van der Waals surface area contributed by atoms with Gasteiger partial charge in [0.1, 0.15) is 11.4 Å². The lowest BCUT2D eigenvalue weighted by atomic mass is 10.3. The van der Waals surface area contributed by atoms with Crippen LogP contribution in [0.5, 0.6) is 0 Å². The van der Waals surface area contributed by atoms with Crippen LogP contribution in [0.2, 0.25) is 0 Å². The first-order valence-corrected chi connectivity index (χ1v) is 4.52. The van der Waals surface area contributed by atoms with Crippen molar-refractivity contribution in [2.45, 2.75) is 6.92 Å². The molecular weight excluding hydrogens is 196 g/mol. The fourth-order valence-corrected chi connectivity index (χ4v) is 1.01. The summed E-state index contributed by atoms with van der Waals surface area (Å²) in [4.78, 5) is 27.5. The van der Waals surface area contributed by atoms with Crippen LogP contribution in [0.1, 0.15) is 27.9 Å². The van der Waals surface area contributed by atoms with Crippen LogP contribution in [0.4, 0.5) is 0 Å². The number of aromatic nitrogens is 1. The molecule has 1 N–H and O–H groups in total. The first-order chi connectivity index (χ1) is 7.06. The summed E-state index contributed by atoms with van der Waals surface area (Å²) in [5.41, 5.74) is 0.0320. The van der Waals surface area contributed by atoms with Crippen LogP contribution in [0, 0.1) is 0 Å². The van der Waals surface area contributed by atoms with Crippen molar-refractivity contribution in [1.29, 1.82) is 0 Å². The minimum absolute atomic E-state index is 0.120. The summed E-state index contributed by atoms with van der Waals surface area (Å²) in [5, 5.41) is 8.70. The number of carbonyl (C=O) groups excluding carboxylic acids is 1. The second kappa shape index (κ2) is 4.54. The summed E-state index contributed by atoms with van der Waals surface area (Å²) in [5.74, 6) is -1.41. The maximum absolute atomic E-state index is 11.6. The fraction of sp³-hybridized carbons (Fsp3) is 0.300. The molecule has 5 nitrogen and oxygen atoms in total. The molecule has 0 saturated heterocycles. The molecule has 1 aromatic rings. The number of hydrogen-bond acceptors (Lipinski definition) is 3. The SMILES string of the molecule is CCN(C)C(=O)c1cccc(C(=O)O)n1. The van der Waals surface area contributed by atoms with Gasteiger partial charge >= 0.3 is 5.97 Å². The first-order valence-electron chi connectivity index (χ1n) is 4.52. The third-order valence-electron chi connectivity index (χ3n) is 2.01. The Labute approximate surface area is 87.4 Å². The van der Waals surface area contributed by atoms with E-state index in [1.165, 1.54) is 23.1 Å². The zero-order valence-corrected chi connectivity index (χ0v) is 8.60. The minimum atomic E-state index is -1.14. The number of carboxylic acids is 1. The Kier molecular flexibility index (Phi) is 3.38. The second-order valence-electron chi connectivity index (χ2n) is 3.03. The maximum atomic E-state index is 11.6. The average molecular weight is 208 g/mol. The molecule has 0 radical (unpaired) electrons. The quantitative estimate of drug-likeness (QED) is 0.800. The summed E-state index contributed by atoms with van der Waals surface area (Å²) in [6.45, 7) is 2.39. The number of aromatic carboxylic acids is 1. The van der Waals surface area contributed by atoms with Crippen molar-refractivity contribution >= 4 is 11.9 Å². The molecule has 15 heavy (non-hydrogen) atoms. The Balaban J connectivity index is 3.00. The third kappa shape index (κ3) is 2.52. The Hall–Kier alpha value is -1.91. The Morgan fingerprint density at radius 2 is 2.00 bits per heavy atom. The standard InChI is InChI=1S/C10H12N2O3/c1-3-12(2)9(13)7-5-4-6-8(11-7)10(14)15/h4-6H,3H2,1-2H3,(H,14,15). The number of nitrogens with zero attached hydrogens (tertiary/aromatic N) is 2. The van der Waals surface area contributed by atoms with Crippen molar-refractivity contribution < 1.29 is 14.7 Å². The molecule has 0 aromatic carbocycles. The monoisotopic (exact) mass is 208 g/mol. The van der Waals surface area contributed by atoms with Gasteiger partial charge in [0, 0.05) is 13.6 Å². The summed E-state index contributed by atoms with van der Waals surface area (Å²) in [6, 6.07) is 4.36. The summed E-state index contributed by atoms with van der Waals surface area (Å²) < 4.78 is 0. The van der Waals surface area contributed by atoms with E-state index in [1.54, 1.807) is 7.05 Å². The molecule has 0 atom stereocenters. The van der Waals surface area contributed by atoms with E-state index in [1.807, 2.05) is 6.92 Å². The summed E-state index contributed by atoms with van der Waals surface area (Å²) in [6.07, 6.45) is 0. The lowest BCUT2D eigenvalue weighted by Crippen LogP contribution is -2.27. The van der Waals surface area contributed by atoms with Gasteiger partial charge in [0.25, 0.3) is 5.91 Å². The van der Waals surface area contributed by atoms with E-state index in [9.17, 15) is 9.59 Å². The van der Waals surface area contributed by atoms with E-state index in [4.69, 9.17) is 5.11 Å². The number of pyridine rings is 1. The van der Waals surface area contributed by atoms with Crippen LogP contribution >= 0.6 is 0 Å². The van der Waals surface area contributed by atoms with Gasteiger partial charge in [-0.25, -0.2) is 9.78 Å². The maximum Gasteiger partial charge on any atom is 0.354 e. The number of carboxylic acid groups (broad SMARTS) is 1. The molecule has 1 aromatic heterocycles. The van der Waals surface area contributed by atoms with Crippen molar-refractivity contribution in [1.82, 2.24) is 9.88 Å². The molecular formula is C10H12N2O3. The number of hydrogen-bond donors (Lipinski definition) is 1. The second-order valence-corrected chi connectivity index (χ2v) is 3.03. The van der Waals surface area contributed by atoms with Crippen LogP contribution in [0.25, 0.3) is 0 Å². The first kappa shape index (κ1) is 11.2. The highest BCUT2D eigenvalue weighted by atomic mass is 16.4. The molecule has 0 spiro atoms. The van der Waals surface area contributed by atoms with Gasteiger partial charge in [-0.05, 0) is 19.1 Å². The average Bonchev–Trinajstić information content (AvgIpc) is 2.27. The molecule has 0 unspecified atom stereocenters. The molecule has 0 aliphatic carbocycles. The van der Waals surface area contributed by atoms with Crippen molar-refractivity contribution in [2.24, 2.45) is 0 Å². The van der Waals surface area contributed by atoms with Crippen molar-refractivity contribution in [3.05, 3.63) is 29.6 Å². The van der Waals surface area contributed by atoms with Gasteiger partial charge in [0.05, 0.1) is 0 Å². The Morgan fingerprint density at radius 3 is 2.53 bits per heavy atom. The molecule has 0 aliphatic heterocycles. The zero-order valence-electron chi connectivity index (χ0n) is 8.60.